The van der Waals surface area contributed by atoms with Crippen LogP contribution in [0.2, 0.25) is 0 Å². The third-order valence-corrected chi connectivity index (χ3v) is 5.00. The van der Waals surface area contributed by atoms with Crippen LogP contribution >= 0.6 is 0 Å². The van der Waals surface area contributed by atoms with Crippen molar-refractivity contribution in [1.82, 2.24) is 14.7 Å². The van der Waals surface area contributed by atoms with E-state index in [4.69, 9.17) is 0 Å². The second kappa shape index (κ2) is 7.72. The van der Waals surface area contributed by atoms with E-state index in [2.05, 4.69) is 42.0 Å². The summed E-state index contributed by atoms with van der Waals surface area (Å²) in [5.74, 6) is -0.101. The lowest BCUT2D eigenvalue weighted by Gasteiger charge is -2.37. The molecule has 6 nitrogen and oxygen atoms in total. The predicted molar refractivity (Wildman–Crippen MR) is 103 cm³/mol. The van der Waals surface area contributed by atoms with E-state index in [9.17, 15) is 9.59 Å². The molecule has 0 radical (unpaired) electrons. The molecule has 138 valence electrons. The van der Waals surface area contributed by atoms with Crippen LogP contribution in [0.25, 0.3) is 0 Å². The van der Waals surface area contributed by atoms with Gasteiger partial charge in [-0.05, 0) is 43.5 Å². The minimum Gasteiger partial charge on any atom is -0.368 e. The number of piperazine rings is 1. The summed E-state index contributed by atoms with van der Waals surface area (Å²) in [6.07, 6.45) is 0.805. The molecule has 1 aromatic heterocycles. The molecule has 6 heteroatoms. The number of nitrogens with zero attached hydrogens (tertiary/aromatic N) is 4. The van der Waals surface area contributed by atoms with Crippen LogP contribution in [0, 0.1) is 13.8 Å². The highest BCUT2D eigenvalue weighted by Crippen LogP contribution is 2.24. The molecule has 1 aliphatic heterocycles. The summed E-state index contributed by atoms with van der Waals surface area (Å²) >= 11 is 0. The molecule has 2 heterocycles. The summed E-state index contributed by atoms with van der Waals surface area (Å²) in [5.41, 5.74) is 4.00. The molecular weight excluding hydrogens is 328 g/mol. The van der Waals surface area contributed by atoms with Crippen LogP contribution in [0.5, 0.6) is 0 Å². The fourth-order valence-electron chi connectivity index (χ4n) is 3.33. The Labute approximate surface area is 154 Å². The first-order valence-corrected chi connectivity index (χ1v) is 9.20. The number of hydrogen-bond donors (Lipinski definition) is 0. The van der Waals surface area contributed by atoms with E-state index in [0.29, 0.717) is 25.3 Å². The molecule has 1 aromatic carbocycles. The minimum absolute atomic E-state index is 0.101. The number of anilines is 1. The lowest BCUT2D eigenvalue weighted by atomic mass is 10.1. The Bertz CT molecular complexity index is 851. The summed E-state index contributed by atoms with van der Waals surface area (Å²) in [7, 11) is 0. The number of amides is 1. The van der Waals surface area contributed by atoms with E-state index in [1.54, 1.807) is 0 Å². The number of hydrogen-bond acceptors (Lipinski definition) is 4. The average Bonchev–Trinajstić information content (AvgIpc) is 2.65. The van der Waals surface area contributed by atoms with Crippen molar-refractivity contribution in [1.29, 1.82) is 0 Å². The largest absolute Gasteiger partial charge is 0.368 e. The van der Waals surface area contributed by atoms with Crippen molar-refractivity contribution >= 4 is 11.6 Å². The van der Waals surface area contributed by atoms with Gasteiger partial charge in [-0.15, -0.1) is 0 Å². The topological polar surface area (TPSA) is 58.4 Å². The van der Waals surface area contributed by atoms with E-state index in [-0.39, 0.29) is 11.5 Å². The van der Waals surface area contributed by atoms with Crippen LogP contribution in [0.4, 0.5) is 5.69 Å². The molecule has 1 amide bonds. The van der Waals surface area contributed by atoms with Crippen LogP contribution < -0.4 is 10.5 Å². The molecule has 0 N–H and O–H groups in total. The summed E-state index contributed by atoms with van der Waals surface area (Å²) in [6, 6.07) is 9.31. The Morgan fingerprint density at radius 1 is 1.08 bits per heavy atom. The van der Waals surface area contributed by atoms with Gasteiger partial charge in [-0.25, -0.2) is 4.68 Å². The van der Waals surface area contributed by atoms with Crippen molar-refractivity contribution in [3.63, 3.8) is 0 Å². The Hall–Kier alpha value is -2.63. The fourth-order valence-corrected chi connectivity index (χ4v) is 3.33. The first kappa shape index (κ1) is 18.2. The second-order valence-electron chi connectivity index (χ2n) is 6.78. The summed E-state index contributed by atoms with van der Waals surface area (Å²) in [4.78, 5) is 28.7. The van der Waals surface area contributed by atoms with E-state index in [1.807, 2.05) is 11.8 Å². The molecule has 26 heavy (non-hydrogen) atoms. The molecule has 0 saturated carbocycles. The van der Waals surface area contributed by atoms with Gasteiger partial charge in [-0.2, -0.15) is 5.10 Å². The smallest absolute Gasteiger partial charge is 0.274 e. The Morgan fingerprint density at radius 2 is 1.81 bits per heavy atom. The highest BCUT2D eigenvalue weighted by molar-refractivity contribution is 5.92. The Balaban J connectivity index is 1.70. The Morgan fingerprint density at radius 3 is 2.50 bits per heavy atom. The van der Waals surface area contributed by atoms with E-state index < -0.39 is 0 Å². The van der Waals surface area contributed by atoms with Crippen LogP contribution in [0.3, 0.4) is 0 Å². The zero-order valence-corrected chi connectivity index (χ0v) is 15.7. The molecule has 1 aliphatic rings. The molecular formula is C20H26N4O2. The van der Waals surface area contributed by atoms with Crippen LogP contribution in [0.1, 0.15) is 35.0 Å². The van der Waals surface area contributed by atoms with Gasteiger partial charge in [-0.1, -0.05) is 19.1 Å². The summed E-state index contributed by atoms with van der Waals surface area (Å²) in [6.45, 7) is 9.67. The normalized spacial score (nSPS) is 14.6. The van der Waals surface area contributed by atoms with Crippen LogP contribution in [-0.2, 0) is 6.54 Å². The Kier molecular flexibility index (Phi) is 5.40. The van der Waals surface area contributed by atoms with E-state index >= 15 is 0 Å². The number of carbonyl (C=O) groups excluding carboxylic acids is 1. The van der Waals surface area contributed by atoms with Crippen molar-refractivity contribution < 1.29 is 4.79 Å². The second-order valence-corrected chi connectivity index (χ2v) is 6.78. The number of carbonyl (C=O) groups is 1. The van der Waals surface area contributed by atoms with Gasteiger partial charge in [0.05, 0.1) is 0 Å². The molecule has 0 unspecified atom stereocenters. The standard InChI is InChI=1S/C20H26N4O2/c1-4-10-24-19(25)9-8-17(21-24)20(26)23-13-11-22(12-14-23)18-7-5-6-15(2)16(18)3/h5-9H,4,10-14H2,1-3H3. The van der Waals surface area contributed by atoms with Gasteiger partial charge >= 0.3 is 0 Å². The van der Waals surface area contributed by atoms with Gasteiger partial charge < -0.3 is 9.80 Å². The monoisotopic (exact) mass is 354 g/mol. The van der Waals surface area contributed by atoms with Crippen molar-refractivity contribution in [2.24, 2.45) is 0 Å². The predicted octanol–water partition coefficient (Wildman–Crippen LogP) is 2.23. The summed E-state index contributed by atoms with van der Waals surface area (Å²) in [5, 5.41) is 4.24. The fraction of sp³-hybridized carbons (Fsp3) is 0.450. The van der Waals surface area contributed by atoms with Gasteiger partial charge in [0.1, 0.15) is 5.69 Å². The van der Waals surface area contributed by atoms with Gasteiger partial charge in [-0.3, -0.25) is 9.59 Å². The van der Waals surface area contributed by atoms with Gasteiger partial charge in [0.2, 0.25) is 0 Å². The first-order valence-electron chi connectivity index (χ1n) is 9.20. The molecule has 1 saturated heterocycles. The third kappa shape index (κ3) is 3.64. The zero-order valence-electron chi connectivity index (χ0n) is 15.7. The van der Waals surface area contributed by atoms with E-state index in [0.717, 1.165) is 19.5 Å². The molecule has 0 spiro atoms. The van der Waals surface area contributed by atoms with Gasteiger partial charge in [0.15, 0.2) is 0 Å². The number of aryl methyl sites for hydroxylation is 2. The maximum atomic E-state index is 12.8. The molecule has 0 bridgehead atoms. The van der Waals surface area contributed by atoms with Gasteiger partial charge in [0.25, 0.3) is 11.5 Å². The minimum atomic E-state index is -0.164. The van der Waals surface area contributed by atoms with Crippen molar-refractivity contribution in [3.05, 3.63) is 57.5 Å². The van der Waals surface area contributed by atoms with Crippen molar-refractivity contribution in [2.75, 3.05) is 31.1 Å². The lowest BCUT2D eigenvalue weighted by Crippen LogP contribution is -2.49. The molecule has 0 aliphatic carbocycles. The number of rotatable bonds is 4. The number of benzene rings is 1. The highest BCUT2D eigenvalue weighted by Gasteiger charge is 2.24. The number of aromatic nitrogens is 2. The van der Waals surface area contributed by atoms with Gasteiger partial charge in [0, 0.05) is 44.5 Å². The molecule has 0 atom stereocenters. The third-order valence-electron chi connectivity index (χ3n) is 5.00. The van der Waals surface area contributed by atoms with Crippen molar-refractivity contribution in [3.8, 4) is 0 Å². The summed E-state index contributed by atoms with van der Waals surface area (Å²) < 4.78 is 1.37. The molecule has 1 fully saturated rings. The lowest BCUT2D eigenvalue weighted by molar-refractivity contribution is 0.0738. The van der Waals surface area contributed by atoms with E-state index in [1.165, 1.54) is 33.6 Å². The van der Waals surface area contributed by atoms with Crippen LogP contribution in [0.15, 0.2) is 35.1 Å². The zero-order chi connectivity index (χ0) is 18.7. The van der Waals surface area contributed by atoms with Crippen LogP contribution in [-0.4, -0.2) is 46.8 Å². The average molecular weight is 354 g/mol. The molecule has 3 rings (SSSR count). The SMILES string of the molecule is CCCn1nc(C(=O)N2CCN(c3cccc(C)c3C)CC2)ccc1=O. The first-order chi connectivity index (χ1) is 12.5. The van der Waals surface area contributed by atoms with Crippen molar-refractivity contribution in [2.45, 2.75) is 33.7 Å². The maximum absolute atomic E-state index is 12.8. The highest BCUT2D eigenvalue weighted by atomic mass is 16.2. The molecule has 2 aromatic rings. The maximum Gasteiger partial charge on any atom is 0.274 e. The quantitative estimate of drug-likeness (QED) is 0.845.